The Labute approximate surface area is 217 Å². The van der Waals surface area contributed by atoms with E-state index in [2.05, 4.69) is 66.6 Å². The fourth-order valence-corrected chi connectivity index (χ4v) is 4.52. The number of benzene rings is 1. The molecule has 5 rings (SSSR count). The van der Waals surface area contributed by atoms with Crippen molar-refractivity contribution < 1.29 is 0 Å². The summed E-state index contributed by atoms with van der Waals surface area (Å²) in [5.41, 5.74) is 3.19. The molecule has 0 radical (unpaired) electrons. The number of rotatable bonds is 6. The maximum absolute atomic E-state index is 13.2. The van der Waals surface area contributed by atoms with E-state index in [-0.39, 0.29) is 11.0 Å². The molecule has 1 aliphatic heterocycles. The second-order valence-corrected chi connectivity index (χ2v) is 10.5. The molecule has 4 aromatic rings. The van der Waals surface area contributed by atoms with Crippen molar-refractivity contribution in [2.75, 3.05) is 43.4 Å². The van der Waals surface area contributed by atoms with Gasteiger partial charge in [0, 0.05) is 54.9 Å². The van der Waals surface area contributed by atoms with E-state index < -0.39 is 0 Å². The van der Waals surface area contributed by atoms with Crippen molar-refractivity contribution in [3.8, 4) is 5.82 Å². The highest BCUT2D eigenvalue weighted by Gasteiger charge is 2.21. The second-order valence-electron chi connectivity index (χ2n) is 10.5. The number of piperazine rings is 1. The summed E-state index contributed by atoms with van der Waals surface area (Å²) in [6, 6.07) is 14.1. The molecule has 1 aliphatic rings. The number of likely N-dealkylation sites (N-methyl/N-ethyl adjacent to an activating group) is 1. The minimum atomic E-state index is -0.180. The SMILES string of the molecule is C=CCn1c(=O)c2cnc(Nc3ccc(N4CCN(C)CC4)cc3)nc2n1-c1cccc(C(C)(C)C)n1. The van der Waals surface area contributed by atoms with Crippen molar-refractivity contribution in [1.82, 2.24) is 29.2 Å². The van der Waals surface area contributed by atoms with E-state index in [9.17, 15) is 4.79 Å². The summed E-state index contributed by atoms with van der Waals surface area (Å²) in [6.45, 7) is 14.7. The highest BCUT2D eigenvalue weighted by Crippen LogP contribution is 2.24. The van der Waals surface area contributed by atoms with Crippen molar-refractivity contribution in [3.63, 3.8) is 0 Å². The van der Waals surface area contributed by atoms with E-state index >= 15 is 0 Å². The predicted octanol–water partition coefficient (Wildman–Crippen LogP) is 3.96. The summed E-state index contributed by atoms with van der Waals surface area (Å²) in [6.07, 6.45) is 3.27. The molecule has 1 fully saturated rings. The maximum atomic E-state index is 13.2. The van der Waals surface area contributed by atoms with Crippen molar-refractivity contribution in [2.45, 2.75) is 32.7 Å². The zero-order chi connectivity index (χ0) is 26.2. The van der Waals surface area contributed by atoms with E-state index in [4.69, 9.17) is 9.97 Å². The molecule has 0 saturated carbocycles. The highest BCUT2D eigenvalue weighted by atomic mass is 16.1. The monoisotopic (exact) mass is 498 g/mol. The van der Waals surface area contributed by atoms with Crippen LogP contribution in [0.25, 0.3) is 16.9 Å². The molecule has 0 amide bonds. The molecule has 1 saturated heterocycles. The fourth-order valence-electron chi connectivity index (χ4n) is 4.52. The van der Waals surface area contributed by atoms with Gasteiger partial charge >= 0.3 is 0 Å². The molecule has 1 N–H and O–H groups in total. The molecule has 37 heavy (non-hydrogen) atoms. The van der Waals surface area contributed by atoms with Gasteiger partial charge in [-0.25, -0.2) is 19.3 Å². The minimum absolute atomic E-state index is 0.138. The van der Waals surface area contributed by atoms with Gasteiger partial charge in [0.25, 0.3) is 5.56 Å². The third-order valence-corrected chi connectivity index (χ3v) is 6.69. The average molecular weight is 499 g/mol. The first-order valence-electron chi connectivity index (χ1n) is 12.6. The summed E-state index contributed by atoms with van der Waals surface area (Å²) < 4.78 is 3.35. The summed E-state index contributed by atoms with van der Waals surface area (Å²) in [5, 5.41) is 3.73. The molecule has 9 heteroatoms. The first-order chi connectivity index (χ1) is 17.7. The highest BCUT2D eigenvalue weighted by molar-refractivity contribution is 5.77. The van der Waals surface area contributed by atoms with Crippen molar-refractivity contribution in [3.05, 3.63) is 77.4 Å². The quantitative estimate of drug-likeness (QED) is 0.403. The van der Waals surface area contributed by atoms with Gasteiger partial charge in [-0.2, -0.15) is 4.98 Å². The van der Waals surface area contributed by atoms with Gasteiger partial charge in [-0.05, 0) is 43.4 Å². The Hall–Kier alpha value is -3.98. The normalized spacial score (nSPS) is 14.8. The van der Waals surface area contributed by atoms with Crippen molar-refractivity contribution in [2.24, 2.45) is 0 Å². The lowest BCUT2D eigenvalue weighted by Gasteiger charge is -2.34. The number of hydrogen-bond acceptors (Lipinski definition) is 7. The molecular formula is C28H34N8O. The van der Waals surface area contributed by atoms with Crippen LogP contribution in [0, 0.1) is 0 Å². The zero-order valence-corrected chi connectivity index (χ0v) is 22.0. The Morgan fingerprint density at radius 2 is 1.76 bits per heavy atom. The number of nitrogens with one attached hydrogen (secondary N) is 1. The van der Waals surface area contributed by atoms with Gasteiger partial charge in [0.1, 0.15) is 5.39 Å². The number of fused-ring (bicyclic) bond motifs is 1. The lowest BCUT2D eigenvalue weighted by Crippen LogP contribution is -2.44. The van der Waals surface area contributed by atoms with Crippen LogP contribution in [0.15, 0.2) is 66.1 Å². The zero-order valence-electron chi connectivity index (χ0n) is 22.0. The van der Waals surface area contributed by atoms with Crippen LogP contribution in [0.2, 0.25) is 0 Å². The fraction of sp³-hybridized carbons (Fsp3) is 0.357. The molecule has 0 aliphatic carbocycles. The van der Waals surface area contributed by atoms with Crippen LogP contribution in [0.1, 0.15) is 26.5 Å². The predicted molar refractivity (Wildman–Crippen MR) is 149 cm³/mol. The topological polar surface area (TPSA) is 84.1 Å². The first kappa shape index (κ1) is 24.7. The van der Waals surface area contributed by atoms with E-state index in [1.807, 2.05) is 30.3 Å². The van der Waals surface area contributed by atoms with E-state index in [1.165, 1.54) is 5.69 Å². The standard InChI is InChI=1S/C28H34N8O/c1-6-14-35-26(37)22-19-29-27(30-20-10-12-21(13-11-20)34-17-15-33(5)16-18-34)32-25(22)36(35)24-9-7-8-23(31-24)28(2,3)4/h6-13,19H,1,14-18H2,2-5H3,(H,29,30,32). The van der Waals surface area contributed by atoms with Gasteiger partial charge in [0.15, 0.2) is 11.5 Å². The molecule has 0 spiro atoms. The number of hydrogen-bond donors (Lipinski definition) is 1. The van der Waals surface area contributed by atoms with Crippen LogP contribution in [-0.2, 0) is 12.0 Å². The first-order valence-corrected chi connectivity index (χ1v) is 12.6. The van der Waals surface area contributed by atoms with Gasteiger partial charge in [-0.1, -0.05) is 32.9 Å². The van der Waals surface area contributed by atoms with Gasteiger partial charge < -0.3 is 15.1 Å². The third-order valence-electron chi connectivity index (χ3n) is 6.69. The minimum Gasteiger partial charge on any atom is -0.369 e. The van der Waals surface area contributed by atoms with Crippen LogP contribution in [0.3, 0.4) is 0 Å². The summed E-state index contributed by atoms with van der Waals surface area (Å²) in [4.78, 5) is 32.0. The molecule has 192 valence electrons. The van der Waals surface area contributed by atoms with Gasteiger partial charge in [0.05, 0.1) is 6.54 Å². The second kappa shape index (κ2) is 9.82. The van der Waals surface area contributed by atoms with Gasteiger partial charge in [-0.3, -0.25) is 4.79 Å². The van der Waals surface area contributed by atoms with E-state index in [0.29, 0.717) is 29.3 Å². The molecule has 0 bridgehead atoms. The van der Waals surface area contributed by atoms with Crippen LogP contribution in [0.5, 0.6) is 0 Å². The van der Waals surface area contributed by atoms with E-state index in [1.54, 1.807) is 21.6 Å². The van der Waals surface area contributed by atoms with Gasteiger partial charge in [-0.15, -0.1) is 6.58 Å². The Morgan fingerprint density at radius 3 is 2.43 bits per heavy atom. The number of anilines is 3. The van der Waals surface area contributed by atoms with Crippen LogP contribution < -0.4 is 15.8 Å². The molecule has 4 heterocycles. The summed E-state index contributed by atoms with van der Waals surface area (Å²) in [7, 11) is 2.16. The Bertz CT molecular complexity index is 1470. The Balaban J connectivity index is 1.50. The molecule has 0 atom stereocenters. The molecular weight excluding hydrogens is 464 g/mol. The van der Waals surface area contributed by atoms with E-state index in [0.717, 1.165) is 37.6 Å². The number of aromatic nitrogens is 5. The Kier molecular flexibility index (Phi) is 6.55. The summed E-state index contributed by atoms with van der Waals surface area (Å²) >= 11 is 0. The molecule has 0 unspecified atom stereocenters. The number of nitrogens with zero attached hydrogens (tertiary/aromatic N) is 7. The van der Waals surface area contributed by atoms with Crippen LogP contribution >= 0.6 is 0 Å². The maximum Gasteiger partial charge on any atom is 0.278 e. The average Bonchev–Trinajstić information content (AvgIpc) is 3.15. The van der Waals surface area contributed by atoms with Crippen molar-refractivity contribution >= 4 is 28.4 Å². The van der Waals surface area contributed by atoms with Crippen LogP contribution in [0.4, 0.5) is 17.3 Å². The lowest BCUT2D eigenvalue weighted by molar-refractivity contribution is 0.313. The Morgan fingerprint density at radius 1 is 1.03 bits per heavy atom. The lowest BCUT2D eigenvalue weighted by atomic mass is 9.92. The van der Waals surface area contributed by atoms with Gasteiger partial charge in [0.2, 0.25) is 5.95 Å². The summed E-state index contributed by atoms with van der Waals surface area (Å²) in [5.74, 6) is 1.04. The molecule has 1 aromatic carbocycles. The number of allylic oxidation sites excluding steroid dienone is 1. The molecule has 3 aromatic heterocycles. The smallest absolute Gasteiger partial charge is 0.278 e. The largest absolute Gasteiger partial charge is 0.369 e. The van der Waals surface area contributed by atoms with Crippen LogP contribution in [-0.4, -0.2) is 62.4 Å². The van der Waals surface area contributed by atoms with Crippen molar-refractivity contribution in [1.29, 1.82) is 0 Å². The number of pyridine rings is 1. The molecule has 9 nitrogen and oxygen atoms in total. The third kappa shape index (κ3) is 4.99.